The van der Waals surface area contributed by atoms with Crippen LogP contribution in [0.15, 0.2) is 103 Å². The number of rotatable bonds is 6. The van der Waals surface area contributed by atoms with Crippen molar-refractivity contribution in [2.45, 2.75) is 0 Å². The van der Waals surface area contributed by atoms with Gasteiger partial charge in [0.2, 0.25) is 0 Å². The van der Waals surface area contributed by atoms with Crippen LogP contribution in [0.3, 0.4) is 0 Å². The number of anilines is 5. The second kappa shape index (κ2) is 9.73. The normalized spacial score (nSPS) is 10.4. The molecule has 0 spiro atoms. The lowest BCUT2D eigenvalue weighted by atomic mass is 10.1. The molecular formula is C28H20N6O. The van der Waals surface area contributed by atoms with Gasteiger partial charge in [-0.1, -0.05) is 18.2 Å². The number of nitriles is 1. The molecule has 0 bridgehead atoms. The second-order valence-corrected chi connectivity index (χ2v) is 7.78. The van der Waals surface area contributed by atoms with E-state index < -0.39 is 0 Å². The number of fused-ring (bicyclic) bond motifs is 1. The smallest absolute Gasteiger partial charge is 0.274 e. The largest absolute Gasteiger partial charge is 0.356 e. The number of aromatic nitrogens is 2. The highest BCUT2D eigenvalue weighted by Crippen LogP contribution is 2.26. The number of amides is 1. The number of benzene rings is 3. The minimum absolute atomic E-state index is 0.298. The van der Waals surface area contributed by atoms with Crippen LogP contribution in [-0.2, 0) is 0 Å². The summed E-state index contributed by atoms with van der Waals surface area (Å²) in [4.78, 5) is 21.3. The van der Waals surface area contributed by atoms with Crippen molar-refractivity contribution in [3.05, 3.63) is 115 Å². The van der Waals surface area contributed by atoms with Crippen LogP contribution in [0.5, 0.6) is 0 Å². The van der Waals surface area contributed by atoms with Gasteiger partial charge in [-0.15, -0.1) is 0 Å². The molecule has 2 heterocycles. The fraction of sp³-hybridized carbons (Fsp3) is 0. The highest BCUT2D eigenvalue weighted by molar-refractivity contribution is 6.03. The highest BCUT2D eigenvalue weighted by Gasteiger charge is 2.09. The van der Waals surface area contributed by atoms with Crippen LogP contribution in [0.4, 0.5) is 28.4 Å². The quantitative estimate of drug-likeness (QED) is 0.279. The minimum Gasteiger partial charge on any atom is -0.356 e. The lowest BCUT2D eigenvalue weighted by Gasteiger charge is -2.11. The number of para-hydroxylation sites is 1. The van der Waals surface area contributed by atoms with Gasteiger partial charge in [-0.2, -0.15) is 5.26 Å². The van der Waals surface area contributed by atoms with Gasteiger partial charge in [-0.3, -0.25) is 9.78 Å². The van der Waals surface area contributed by atoms with Crippen LogP contribution in [0.2, 0.25) is 0 Å². The molecule has 7 heteroatoms. The lowest BCUT2D eigenvalue weighted by molar-refractivity contribution is 0.102. The monoisotopic (exact) mass is 456 g/mol. The van der Waals surface area contributed by atoms with E-state index in [1.807, 2.05) is 66.7 Å². The maximum atomic E-state index is 12.7. The fourth-order valence-electron chi connectivity index (χ4n) is 3.60. The molecule has 0 aliphatic carbocycles. The number of hydrogen-bond donors (Lipinski definition) is 3. The first-order valence-corrected chi connectivity index (χ1v) is 10.9. The number of nitrogens with zero attached hydrogens (tertiary/aromatic N) is 3. The van der Waals surface area contributed by atoms with E-state index in [1.54, 1.807) is 36.7 Å². The van der Waals surface area contributed by atoms with Crippen molar-refractivity contribution in [1.82, 2.24) is 9.97 Å². The Hall–Kier alpha value is -5.22. The van der Waals surface area contributed by atoms with E-state index in [2.05, 4.69) is 32.0 Å². The number of pyridine rings is 2. The molecule has 0 atom stereocenters. The minimum atomic E-state index is -0.298. The van der Waals surface area contributed by atoms with Crippen molar-refractivity contribution in [3.8, 4) is 6.07 Å². The lowest BCUT2D eigenvalue weighted by Crippen LogP contribution is -2.13. The second-order valence-electron chi connectivity index (χ2n) is 7.78. The van der Waals surface area contributed by atoms with Gasteiger partial charge in [0.1, 0.15) is 5.69 Å². The van der Waals surface area contributed by atoms with E-state index in [4.69, 9.17) is 0 Å². The summed E-state index contributed by atoms with van der Waals surface area (Å²) in [6, 6.07) is 30.1. The average Bonchev–Trinajstić information content (AvgIpc) is 2.91. The standard InChI is InChI=1S/C28H20N6O/c29-17-19-6-12-25-24(16-19)26(14-15-30-25)33-23-11-13-27(31-18-23)28(35)34-22-9-7-21(8-10-22)32-20-4-2-1-3-5-20/h1-16,18,32H,(H,30,33)(H,34,35). The van der Waals surface area contributed by atoms with E-state index >= 15 is 0 Å². The molecule has 168 valence electrons. The zero-order valence-corrected chi connectivity index (χ0v) is 18.6. The molecule has 3 aromatic carbocycles. The number of carbonyl (C=O) groups excluding carboxylic acids is 1. The van der Waals surface area contributed by atoms with Gasteiger partial charge >= 0.3 is 0 Å². The van der Waals surface area contributed by atoms with E-state index in [9.17, 15) is 10.1 Å². The maximum Gasteiger partial charge on any atom is 0.274 e. The first kappa shape index (κ1) is 21.6. The summed E-state index contributed by atoms with van der Waals surface area (Å²) in [5.74, 6) is -0.298. The molecule has 35 heavy (non-hydrogen) atoms. The Balaban J connectivity index is 1.25. The molecule has 0 fully saturated rings. The molecule has 0 aliphatic heterocycles. The molecule has 0 aliphatic rings. The van der Waals surface area contributed by atoms with E-state index in [-0.39, 0.29) is 5.91 Å². The Kier molecular flexibility index (Phi) is 6.01. The Morgan fingerprint density at radius 3 is 2.23 bits per heavy atom. The summed E-state index contributed by atoms with van der Waals surface area (Å²) < 4.78 is 0. The Morgan fingerprint density at radius 2 is 1.49 bits per heavy atom. The van der Waals surface area contributed by atoms with Crippen molar-refractivity contribution in [1.29, 1.82) is 5.26 Å². The van der Waals surface area contributed by atoms with Crippen molar-refractivity contribution in [2.24, 2.45) is 0 Å². The van der Waals surface area contributed by atoms with E-state index in [0.717, 1.165) is 28.0 Å². The van der Waals surface area contributed by atoms with Gasteiger partial charge in [0.15, 0.2) is 0 Å². The third-order valence-corrected chi connectivity index (χ3v) is 5.35. The van der Waals surface area contributed by atoms with Crippen LogP contribution in [0, 0.1) is 11.3 Å². The Labute approximate surface area is 202 Å². The molecule has 0 saturated carbocycles. The molecular weight excluding hydrogens is 436 g/mol. The van der Waals surface area contributed by atoms with Crippen molar-refractivity contribution >= 4 is 45.2 Å². The molecule has 2 aromatic heterocycles. The van der Waals surface area contributed by atoms with Gasteiger partial charge in [0.05, 0.1) is 29.0 Å². The van der Waals surface area contributed by atoms with Gasteiger partial charge in [0, 0.05) is 34.3 Å². The van der Waals surface area contributed by atoms with Crippen molar-refractivity contribution in [3.63, 3.8) is 0 Å². The molecule has 7 nitrogen and oxygen atoms in total. The third-order valence-electron chi connectivity index (χ3n) is 5.35. The average molecular weight is 457 g/mol. The first-order valence-electron chi connectivity index (χ1n) is 10.9. The van der Waals surface area contributed by atoms with Crippen molar-refractivity contribution < 1.29 is 4.79 Å². The zero-order valence-electron chi connectivity index (χ0n) is 18.6. The van der Waals surface area contributed by atoms with E-state index in [0.29, 0.717) is 22.6 Å². The molecule has 5 rings (SSSR count). The predicted molar refractivity (Wildman–Crippen MR) is 138 cm³/mol. The first-order chi connectivity index (χ1) is 17.2. The van der Waals surface area contributed by atoms with Crippen LogP contribution in [-0.4, -0.2) is 15.9 Å². The number of carbonyl (C=O) groups is 1. The topological polar surface area (TPSA) is 103 Å². The van der Waals surface area contributed by atoms with Crippen LogP contribution >= 0.6 is 0 Å². The molecule has 5 aromatic rings. The molecule has 3 N–H and O–H groups in total. The predicted octanol–water partition coefficient (Wildman–Crippen LogP) is 6.24. The molecule has 0 saturated heterocycles. The molecule has 1 amide bonds. The summed E-state index contributed by atoms with van der Waals surface area (Å²) in [5, 5.41) is 19.5. The van der Waals surface area contributed by atoms with Gasteiger partial charge in [-0.05, 0) is 72.8 Å². The van der Waals surface area contributed by atoms with Gasteiger partial charge in [0.25, 0.3) is 5.91 Å². The SMILES string of the molecule is N#Cc1ccc2nccc(Nc3ccc(C(=O)Nc4ccc(Nc5ccccc5)cc4)nc3)c2c1. The van der Waals surface area contributed by atoms with Crippen LogP contribution in [0.1, 0.15) is 16.1 Å². The van der Waals surface area contributed by atoms with Gasteiger partial charge in [-0.25, -0.2) is 4.98 Å². The van der Waals surface area contributed by atoms with Gasteiger partial charge < -0.3 is 16.0 Å². The Morgan fingerprint density at radius 1 is 0.743 bits per heavy atom. The summed E-state index contributed by atoms with van der Waals surface area (Å²) in [6.07, 6.45) is 3.30. The number of nitrogens with one attached hydrogen (secondary N) is 3. The summed E-state index contributed by atoms with van der Waals surface area (Å²) in [5.41, 5.74) is 5.75. The van der Waals surface area contributed by atoms with Crippen molar-refractivity contribution in [2.75, 3.05) is 16.0 Å². The number of hydrogen-bond acceptors (Lipinski definition) is 6. The maximum absolute atomic E-state index is 12.7. The fourth-order valence-corrected chi connectivity index (χ4v) is 3.60. The van der Waals surface area contributed by atoms with Crippen LogP contribution in [0.25, 0.3) is 10.9 Å². The van der Waals surface area contributed by atoms with Crippen LogP contribution < -0.4 is 16.0 Å². The Bertz CT molecular complexity index is 1520. The summed E-state index contributed by atoms with van der Waals surface area (Å²) >= 11 is 0. The molecule has 0 radical (unpaired) electrons. The zero-order chi connectivity index (χ0) is 24.0. The summed E-state index contributed by atoms with van der Waals surface area (Å²) in [7, 11) is 0. The third kappa shape index (κ3) is 5.07. The molecule has 0 unspecified atom stereocenters. The summed E-state index contributed by atoms with van der Waals surface area (Å²) in [6.45, 7) is 0. The highest BCUT2D eigenvalue weighted by atomic mass is 16.1. The van der Waals surface area contributed by atoms with E-state index in [1.165, 1.54) is 0 Å².